The first-order valence-electron chi connectivity index (χ1n) is 8.56. The number of carbonyl (C=O) groups excluding carboxylic acids is 2. The van der Waals surface area contributed by atoms with Crippen LogP contribution in [0.2, 0.25) is 0 Å². The highest BCUT2D eigenvalue weighted by Gasteiger charge is 2.27. The number of hydrogen-bond donors (Lipinski definition) is 1. The maximum atomic E-state index is 12.4. The van der Waals surface area contributed by atoms with Crippen molar-refractivity contribution in [2.24, 2.45) is 5.92 Å². The summed E-state index contributed by atoms with van der Waals surface area (Å²) in [6.45, 7) is 3.59. The van der Waals surface area contributed by atoms with Gasteiger partial charge in [-0.2, -0.15) is 0 Å². The quantitative estimate of drug-likeness (QED) is 0.642. The van der Waals surface area contributed by atoms with Crippen LogP contribution in [0.3, 0.4) is 0 Å². The number of furan rings is 1. The second-order valence-electron chi connectivity index (χ2n) is 6.33. The van der Waals surface area contributed by atoms with Crippen LogP contribution in [0.15, 0.2) is 63.7 Å². The molecule has 0 saturated heterocycles. The van der Waals surface area contributed by atoms with Crippen molar-refractivity contribution in [3.8, 4) is 11.3 Å². The van der Waals surface area contributed by atoms with Crippen molar-refractivity contribution in [3.63, 3.8) is 0 Å². The van der Waals surface area contributed by atoms with Gasteiger partial charge in [-0.15, -0.1) is 0 Å². The van der Waals surface area contributed by atoms with Gasteiger partial charge in [-0.05, 0) is 18.1 Å². The number of benzene rings is 1. The first-order chi connectivity index (χ1) is 13.0. The van der Waals surface area contributed by atoms with Crippen molar-refractivity contribution in [1.29, 1.82) is 0 Å². The van der Waals surface area contributed by atoms with Crippen LogP contribution in [0.5, 0.6) is 0 Å². The van der Waals surface area contributed by atoms with Crippen LogP contribution in [0, 0.1) is 5.92 Å². The Morgan fingerprint density at radius 2 is 1.93 bits per heavy atom. The number of nitrogens with zero attached hydrogens (tertiary/aromatic N) is 1. The smallest absolute Gasteiger partial charge is 0.329 e. The maximum absolute atomic E-state index is 12.4. The Morgan fingerprint density at radius 3 is 2.59 bits per heavy atom. The molecule has 3 aromatic rings. The van der Waals surface area contributed by atoms with E-state index < -0.39 is 17.9 Å². The molecule has 1 amide bonds. The predicted molar refractivity (Wildman–Crippen MR) is 96.5 cm³/mol. The van der Waals surface area contributed by atoms with E-state index in [-0.39, 0.29) is 18.3 Å². The third-order valence-electron chi connectivity index (χ3n) is 3.93. The molecule has 0 unspecified atom stereocenters. The van der Waals surface area contributed by atoms with Crippen LogP contribution in [0.4, 0.5) is 0 Å². The van der Waals surface area contributed by atoms with Gasteiger partial charge in [0.15, 0.2) is 11.5 Å². The molecular weight excluding hydrogens is 348 g/mol. The summed E-state index contributed by atoms with van der Waals surface area (Å²) in [7, 11) is 0. The summed E-state index contributed by atoms with van der Waals surface area (Å²) in [5.41, 5.74) is 1.37. The molecule has 1 atom stereocenters. The molecule has 0 aliphatic carbocycles. The second kappa shape index (κ2) is 8.35. The Bertz CT molecular complexity index is 884. The second-order valence-corrected chi connectivity index (χ2v) is 6.33. The molecule has 0 saturated carbocycles. The molecule has 3 rings (SSSR count). The van der Waals surface area contributed by atoms with Gasteiger partial charge >= 0.3 is 5.97 Å². The highest BCUT2D eigenvalue weighted by atomic mass is 16.5. The first-order valence-corrected chi connectivity index (χ1v) is 8.56. The number of amides is 1. The van der Waals surface area contributed by atoms with E-state index in [1.165, 1.54) is 12.3 Å². The van der Waals surface area contributed by atoms with Crippen LogP contribution in [-0.4, -0.2) is 23.1 Å². The fourth-order valence-corrected chi connectivity index (χ4v) is 2.47. The number of esters is 1. The van der Waals surface area contributed by atoms with Gasteiger partial charge in [0.2, 0.25) is 0 Å². The summed E-state index contributed by atoms with van der Waals surface area (Å²) in [6, 6.07) is 13.5. The predicted octanol–water partition coefficient (Wildman–Crippen LogP) is 3.43. The van der Waals surface area contributed by atoms with E-state index >= 15 is 0 Å². The van der Waals surface area contributed by atoms with Gasteiger partial charge in [0.25, 0.3) is 5.91 Å². The average Bonchev–Trinajstić information content (AvgIpc) is 3.36. The molecule has 0 radical (unpaired) electrons. The van der Waals surface area contributed by atoms with Crippen LogP contribution in [0.25, 0.3) is 11.3 Å². The maximum Gasteiger partial charge on any atom is 0.329 e. The van der Waals surface area contributed by atoms with Crippen molar-refractivity contribution in [2.75, 3.05) is 0 Å². The summed E-state index contributed by atoms with van der Waals surface area (Å²) in [4.78, 5) is 24.5. The average molecular weight is 368 g/mol. The van der Waals surface area contributed by atoms with Gasteiger partial charge < -0.3 is 19.0 Å². The monoisotopic (exact) mass is 368 g/mol. The zero-order valence-electron chi connectivity index (χ0n) is 15.0. The highest BCUT2D eigenvalue weighted by molar-refractivity contribution is 5.94. The van der Waals surface area contributed by atoms with Crippen LogP contribution in [0.1, 0.15) is 30.1 Å². The van der Waals surface area contributed by atoms with Crippen molar-refractivity contribution in [2.45, 2.75) is 26.5 Å². The Labute approximate surface area is 156 Å². The Balaban J connectivity index is 1.60. The lowest BCUT2D eigenvalue weighted by atomic mass is 10.0. The van der Waals surface area contributed by atoms with Gasteiger partial charge in [-0.3, -0.25) is 4.79 Å². The minimum Gasteiger partial charge on any atom is -0.459 e. The number of hydrogen-bond acceptors (Lipinski definition) is 6. The Kier molecular flexibility index (Phi) is 5.71. The zero-order valence-corrected chi connectivity index (χ0v) is 15.0. The SMILES string of the molecule is CC(C)[C@H](NC(=O)c1ccco1)C(=O)OCc1cc(-c2ccccc2)on1. The summed E-state index contributed by atoms with van der Waals surface area (Å²) < 4.78 is 15.6. The third-order valence-corrected chi connectivity index (χ3v) is 3.93. The lowest BCUT2D eigenvalue weighted by molar-refractivity contribution is -0.148. The normalized spacial score (nSPS) is 12.0. The van der Waals surface area contributed by atoms with Crippen LogP contribution < -0.4 is 5.32 Å². The van der Waals surface area contributed by atoms with Crippen LogP contribution >= 0.6 is 0 Å². The molecule has 1 N–H and O–H groups in total. The summed E-state index contributed by atoms with van der Waals surface area (Å²) in [6.07, 6.45) is 1.40. The van der Waals surface area contributed by atoms with Crippen molar-refractivity contribution >= 4 is 11.9 Å². The molecule has 2 heterocycles. The molecule has 0 aliphatic rings. The van der Waals surface area contributed by atoms with E-state index in [4.69, 9.17) is 13.7 Å². The number of nitrogens with one attached hydrogen (secondary N) is 1. The lowest BCUT2D eigenvalue weighted by Gasteiger charge is -2.19. The minimum atomic E-state index is -0.803. The summed E-state index contributed by atoms with van der Waals surface area (Å²) in [5.74, 6) is -0.447. The van der Waals surface area contributed by atoms with E-state index in [1.54, 1.807) is 12.1 Å². The van der Waals surface area contributed by atoms with Gasteiger partial charge in [0.05, 0.1) is 6.26 Å². The lowest BCUT2D eigenvalue weighted by Crippen LogP contribution is -2.45. The molecule has 2 aromatic heterocycles. The molecule has 140 valence electrons. The largest absolute Gasteiger partial charge is 0.459 e. The van der Waals surface area contributed by atoms with Gasteiger partial charge in [-0.25, -0.2) is 4.79 Å². The Hall–Kier alpha value is -3.35. The standard InChI is InChI=1S/C20H20N2O5/c1-13(2)18(21-19(23)16-9-6-10-25-16)20(24)26-12-15-11-17(27-22-15)14-7-4-3-5-8-14/h3-11,13,18H,12H2,1-2H3,(H,21,23)/t18-/m0/s1. The van der Waals surface area contributed by atoms with E-state index in [1.807, 2.05) is 44.2 Å². The molecular formula is C20H20N2O5. The fraction of sp³-hybridized carbons (Fsp3) is 0.250. The van der Waals surface area contributed by atoms with E-state index in [2.05, 4.69) is 10.5 Å². The molecule has 0 fully saturated rings. The number of aromatic nitrogens is 1. The zero-order chi connectivity index (χ0) is 19.2. The highest BCUT2D eigenvalue weighted by Crippen LogP contribution is 2.20. The third kappa shape index (κ3) is 4.63. The molecule has 0 bridgehead atoms. The number of ether oxygens (including phenoxy) is 1. The molecule has 27 heavy (non-hydrogen) atoms. The van der Waals surface area contributed by atoms with E-state index in [0.717, 1.165) is 5.56 Å². The van der Waals surface area contributed by atoms with Gasteiger partial charge in [-0.1, -0.05) is 49.3 Å². The first kappa shape index (κ1) is 18.4. The number of carbonyl (C=O) groups is 2. The Morgan fingerprint density at radius 1 is 1.15 bits per heavy atom. The summed E-state index contributed by atoms with van der Waals surface area (Å²) >= 11 is 0. The van der Waals surface area contributed by atoms with Gasteiger partial charge in [0.1, 0.15) is 18.3 Å². The minimum absolute atomic E-state index is 0.0466. The van der Waals surface area contributed by atoms with E-state index in [0.29, 0.717) is 11.5 Å². The molecule has 1 aromatic carbocycles. The molecule has 7 nitrogen and oxygen atoms in total. The topological polar surface area (TPSA) is 94.6 Å². The van der Waals surface area contributed by atoms with Crippen molar-refractivity contribution in [1.82, 2.24) is 10.5 Å². The van der Waals surface area contributed by atoms with E-state index in [9.17, 15) is 9.59 Å². The van der Waals surface area contributed by atoms with Gasteiger partial charge in [0, 0.05) is 11.6 Å². The number of rotatable bonds is 7. The summed E-state index contributed by atoms with van der Waals surface area (Å²) in [5, 5.41) is 6.55. The molecule has 0 aliphatic heterocycles. The molecule has 7 heteroatoms. The molecule has 0 spiro atoms. The van der Waals surface area contributed by atoms with Crippen LogP contribution in [-0.2, 0) is 16.1 Å². The van der Waals surface area contributed by atoms with Crippen molar-refractivity contribution in [3.05, 3.63) is 66.2 Å². The fourth-order valence-electron chi connectivity index (χ4n) is 2.47. The van der Waals surface area contributed by atoms with Crippen molar-refractivity contribution < 1.29 is 23.3 Å².